The van der Waals surface area contributed by atoms with E-state index in [1.807, 2.05) is 13.0 Å². The van der Waals surface area contributed by atoms with Gasteiger partial charge in [-0.3, -0.25) is 0 Å². The highest BCUT2D eigenvalue weighted by atomic mass is 14.2. The van der Waals surface area contributed by atoms with Crippen LogP contribution in [0.1, 0.15) is 52.4 Å². The SMILES string of the molecule is CC=C(C#N)CCCCCCC. The van der Waals surface area contributed by atoms with Crippen LogP contribution in [0.2, 0.25) is 0 Å². The van der Waals surface area contributed by atoms with Gasteiger partial charge in [-0.2, -0.15) is 5.26 Å². The molecule has 0 saturated carbocycles. The molecule has 0 N–H and O–H groups in total. The lowest BCUT2D eigenvalue weighted by Crippen LogP contribution is -1.81. The highest BCUT2D eigenvalue weighted by Crippen LogP contribution is 2.09. The van der Waals surface area contributed by atoms with Gasteiger partial charge in [0.1, 0.15) is 0 Å². The third kappa shape index (κ3) is 5.97. The van der Waals surface area contributed by atoms with E-state index in [1.165, 1.54) is 32.1 Å². The fourth-order valence-electron chi connectivity index (χ4n) is 1.18. The monoisotopic (exact) mass is 165 g/mol. The second-order valence-electron chi connectivity index (χ2n) is 3.09. The molecule has 0 radical (unpaired) electrons. The Morgan fingerprint density at radius 1 is 1.25 bits per heavy atom. The predicted molar refractivity (Wildman–Crippen MR) is 52.7 cm³/mol. The second kappa shape index (κ2) is 8.33. The van der Waals surface area contributed by atoms with E-state index < -0.39 is 0 Å². The van der Waals surface area contributed by atoms with Gasteiger partial charge in [0.2, 0.25) is 0 Å². The van der Waals surface area contributed by atoms with Gasteiger partial charge in [-0.25, -0.2) is 0 Å². The van der Waals surface area contributed by atoms with E-state index in [0.29, 0.717) is 0 Å². The molecule has 0 bridgehead atoms. The molecule has 0 aromatic heterocycles. The number of nitrogens with zero attached hydrogens (tertiary/aromatic N) is 1. The molecule has 1 heteroatoms. The van der Waals surface area contributed by atoms with E-state index in [-0.39, 0.29) is 0 Å². The molecule has 0 spiro atoms. The Morgan fingerprint density at radius 3 is 2.42 bits per heavy atom. The Labute approximate surface area is 76.1 Å². The number of allylic oxidation sites excluding steroid dienone is 2. The van der Waals surface area contributed by atoms with Gasteiger partial charge in [-0.1, -0.05) is 38.7 Å². The molecule has 0 aliphatic heterocycles. The van der Waals surface area contributed by atoms with Crippen molar-refractivity contribution in [2.24, 2.45) is 0 Å². The van der Waals surface area contributed by atoms with Crippen LogP contribution in [-0.4, -0.2) is 0 Å². The van der Waals surface area contributed by atoms with Crippen LogP contribution in [-0.2, 0) is 0 Å². The van der Waals surface area contributed by atoms with Gasteiger partial charge >= 0.3 is 0 Å². The Hall–Kier alpha value is -0.770. The first-order chi connectivity index (χ1) is 5.85. The second-order valence-corrected chi connectivity index (χ2v) is 3.09. The first-order valence-corrected chi connectivity index (χ1v) is 4.90. The summed E-state index contributed by atoms with van der Waals surface area (Å²) in [7, 11) is 0. The van der Waals surface area contributed by atoms with Crippen LogP contribution in [0.5, 0.6) is 0 Å². The molecule has 0 atom stereocenters. The largest absolute Gasteiger partial charge is 0.193 e. The van der Waals surface area contributed by atoms with Crippen LogP contribution in [0.3, 0.4) is 0 Å². The molecule has 0 aromatic rings. The summed E-state index contributed by atoms with van der Waals surface area (Å²) < 4.78 is 0. The Bertz CT molecular complexity index is 162. The topological polar surface area (TPSA) is 23.8 Å². The third-order valence-corrected chi connectivity index (χ3v) is 2.04. The fraction of sp³-hybridized carbons (Fsp3) is 0.727. The Balaban J connectivity index is 3.26. The van der Waals surface area contributed by atoms with Crippen LogP contribution >= 0.6 is 0 Å². The summed E-state index contributed by atoms with van der Waals surface area (Å²) in [5.41, 5.74) is 0.937. The van der Waals surface area contributed by atoms with Gasteiger partial charge in [0.15, 0.2) is 0 Å². The van der Waals surface area contributed by atoms with E-state index in [1.54, 1.807) is 0 Å². The quantitative estimate of drug-likeness (QED) is 0.433. The minimum Gasteiger partial charge on any atom is -0.193 e. The Morgan fingerprint density at radius 2 is 1.92 bits per heavy atom. The molecule has 1 nitrogen and oxygen atoms in total. The molecule has 0 aliphatic rings. The number of hydrogen-bond donors (Lipinski definition) is 0. The van der Waals surface area contributed by atoms with Gasteiger partial charge in [0.05, 0.1) is 6.07 Å². The summed E-state index contributed by atoms with van der Waals surface area (Å²) in [6, 6.07) is 2.20. The van der Waals surface area contributed by atoms with Crippen molar-refractivity contribution in [3.8, 4) is 6.07 Å². The molecule has 0 saturated heterocycles. The van der Waals surface area contributed by atoms with Crippen LogP contribution in [0, 0.1) is 11.3 Å². The smallest absolute Gasteiger partial charge is 0.0943 e. The summed E-state index contributed by atoms with van der Waals surface area (Å²) >= 11 is 0. The lowest BCUT2D eigenvalue weighted by Gasteiger charge is -1.98. The van der Waals surface area contributed by atoms with Crippen molar-refractivity contribution < 1.29 is 0 Å². The maximum Gasteiger partial charge on any atom is 0.0943 e. The maximum absolute atomic E-state index is 8.61. The van der Waals surface area contributed by atoms with Gasteiger partial charge in [0, 0.05) is 5.57 Å². The Kier molecular flexibility index (Phi) is 7.79. The molecule has 68 valence electrons. The number of rotatable bonds is 6. The van der Waals surface area contributed by atoms with E-state index in [9.17, 15) is 0 Å². The van der Waals surface area contributed by atoms with Crippen molar-refractivity contribution in [1.29, 1.82) is 5.26 Å². The first-order valence-electron chi connectivity index (χ1n) is 4.90. The molecule has 0 aliphatic carbocycles. The molecule has 0 unspecified atom stereocenters. The number of unbranched alkanes of at least 4 members (excludes halogenated alkanes) is 4. The average Bonchev–Trinajstić information content (AvgIpc) is 2.11. The standard InChI is InChI=1S/C11H19N/c1-3-5-6-7-8-9-11(4-2)10-12/h4H,3,5-9H2,1-2H3. The van der Waals surface area contributed by atoms with E-state index in [2.05, 4.69) is 13.0 Å². The summed E-state index contributed by atoms with van der Waals surface area (Å²) in [5.74, 6) is 0. The summed E-state index contributed by atoms with van der Waals surface area (Å²) in [5, 5.41) is 8.61. The van der Waals surface area contributed by atoms with Crippen molar-refractivity contribution in [2.45, 2.75) is 52.4 Å². The van der Waals surface area contributed by atoms with Gasteiger partial charge in [0.25, 0.3) is 0 Å². The zero-order chi connectivity index (χ0) is 9.23. The van der Waals surface area contributed by atoms with Crippen LogP contribution in [0.25, 0.3) is 0 Å². The van der Waals surface area contributed by atoms with Crippen LogP contribution in [0.4, 0.5) is 0 Å². The highest BCUT2D eigenvalue weighted by Gasteiger charge is 1.93. The lowest BCUT2D eigenvalue weighted by molar-refractivity contribution is 0.633. The molecule has 0 amide bonds. The summed E-state index contributed by atoms with van der Waals surface area (Å²) in [4.78, 5) is 0. The molecular weight excluding hydrogens is 146 g/mol. The normalized spacial score (nSPS) is 11.2. The van der Waals surface area contributed by atoms with Crippen molar-refractivity contribution in [3.63, 3.8) is 0 Å². The first kappa shape index (κ1) is 11.2. The fourth-order valence-corrected chi connectivity index (χ4v) is 1.18. The van der Waals surface area contributed by atoms with Crippen LogP contribution in [0.15, 0.2) is 11.6 Å². The van der Waals surface area contributed by atoms with Crippen LogP contribution < -0.4 is 0 Å². The number of hydrogen-bond acceptors (Lipinski definition) is 1. The van der Waals surface area contributed by atoms with Crippen molar-refractivity contribution in [2.75, 3.05) is 0 Å². The number of nitriles is 1. The zero-order valence-corrected chi connectivity index (χ0v) is 8.27. The lowest BCUT2D eigenvalue weighted by atomic mass is 10.1. The zero-order valence-electron chi connectivity index (χ0n) is 8.27. The van der Waals surface area contributed by atoms with E-state index >= 15 is 0 Å². The summed E-state index contributed by atoms with van der Waals surface area (Å²) in [6.45, 7) is 4.15. The predicted octanol–water partition coefficient (Wildman–Crippen LogP) is 3.82. The molecular formula is C11H19N. The molecule has 0 rings (SSSR count). The highest BCUT2D eigenvalue weighted by molar-refractivity contribution is 5.18. The van der Waals surface area contributed by atoms with Crippen molar-refractivity contribution in [1.82, 2.24) is 0 Å². The van der Waals surface area contributed by atoms with Crippen molar-refractivity contribution in [3.05, 3.63) is 11.6 Å². The van der Waals surface area contributed by atoms with E-state index in [0.717, 1.165) is 12.0 Å². The van der Waals surface area contributed by atoms with Crippen molar-refractivity contribution >= 4 is 0 Å². The third-order valence-electron chi connectivity index (χ3n) is 2.04. The van der Waals surface area contributed by atoms with Gasteiger partial charge in [-0.15, -0.1) is 0 Å². The summed E-state index contributed by atoms with van der Waals surface area (Å²) in [6.07, 6.45) is 9.27. The van der Waals surface area contributed by atoms with Gasteiger partial charge in [-0.05, 0) is 19.8 Å². The molecule has 12 heavy (non-hydrogen) atoms. The average molecular weight is 165 g/mol. The maximum atomic E-state index is 8.61. The minimum absolute atomic E-state index is 0.937. The molecule has 0 fully saturated rings. The molecule has 0 heterocycles. The molecule has 0 aromatic carbocycles. The minimum atomic E-state index is 0.937. The van der Waals surface area contributed by atoms with Gasteiger partial charge < -0.3 is 0 Å². The van der Waals surface area contributed by atoms with E-state index in [4.69, 9.17) is 5.26 Å².